The zero-order valence-electron chi connectivity index (χ0n) is 40.2. The van der Waals surface area contributed by atoms with Gasteiger partial charge in [0, 0.05) is 46.9 Å². The van der Waals surface area contributed by atoms with Crippen LogP contribution in [0.2, 0.25) is 0 Å². The van der Waals surface area contributed by atoms with E-state index in [1.807, 2.05) is 0 Å². The number of benzene rings is 3. The van der Waals surface area contributed by atoms with E-state index in [0.717, 1.165) is 13.2 Å². The molecule has 41 heavy (non-hydrogen) atoms. The molecule has 1 aliphatic rings. The zero-order chi connectivity index (χ0) is 16.5. The molecule has 1 heterocycles. The summed E-state index contributed by atoms with van der Waals surface area (Å²) < 4.78 is 4.94. The van der Waals surface area contributed by atoms with Gasteiger partial charge in [-0.25, -0.2) is 0 Å². The van der Waals surface area contributed by atoms with Crippen molar-refractivity contribution in [2.75, 3.05) is 13.2 Å². The Kier molecular flexibility index (Phi) is 152. The molecule has 0 unspecified atom stereocenters. The summed E-state index contributed by atoms with van der Waals surface area (Å²) in [5, 5.41) is 4.19. The van der Waals surface area contributed by atoms with Crippen molar-refractivity contribution in [2.24, 2.45) is 0 Å². The van der Waals surface area contributed by atoms with Crippen molar-refractivity contribution < 1.29 is 248 Å². The molecule has 0 atom stereocenters. The number of rotatable bonds is 3. The van der Waals surface area contributed by atoms with E-state index in [1.54, 1.807) is 0 Å². The first-order valence-electron chi connectivity index (χ1n) is 8.48. The molecule has 12 radical (unpaired) electrons. The predicted octanol–water partition coefficient (Wildman–Crippen LogP) is -31.2. The SMILES string of the molecule is C.C1CCOC1.[B].[B].[B].[B].[H-].[H-].[H-].[H-].[H-].[H-].[H-].[H-].[H-].[H-].[H-].[H-].[Li+].[Li+].[Li+].[Li+].[Li+].[Li+].[Li+].[Li+].[Li+].[Li+].[Li+].[Li+].c1ccc(P(c2ccccc2)c2ccccc2)cc1. The third-order valence-corrected chi connectivity index (χ3v) is 6.31. The van der Waals surface area contributed by atoms with E-state index in [0.29, 0.717) is 0 Å². The second kappa shape index (κ2) is 64.1. The summed E-state index contributed by atoms with van der Waals surface area (Å²) in [4.78, 5) is 0. The quantitative estimate of drug-likeness (QED) is 0.263. The fourth-order valence-electron chi connectivity index (χ4n) is 2.69. The fraction of sp³-hybridized carbons (Fsp3) is 0.217. The molecule has 1 nitrogen and oxygen atoms in total. The summed E-state index contributed by atoms with van der Waals surface area (Å²) in [6.45, 7) is 2.00. The van der Waals surface area contributed by atoms with Gasteiger partial charge in [0.15, 0.2) is 0 Å². The van der Waals surface area contributed by atoms with Crippen molar-refractivity contribution in [3.05, 3.63) is 91.0 Å². The molecule has 0 N–H and O–H groups in total. The van der Waals surface area contributed by atoms with E-state index >= 15 is 0 Å². The van der Waals surface area contributed by atoms with Crippen molar-refractivity contribution in [3.63, 3.8) is 0 Å². The van der Waals surface area contributed by atoms with Gasteiger partial charge in [-0.05, 0) is 36.7 Å². The summed E-state index contributed by atoms with van der Waals surface area (Å²) in [5.74, 6) is 0. The van der Waals surface area contributed by atoms with E-state index in [1.165, 1.54) is 28.8 Å². The van der Waals surface area contributed by atoms with Crippen LogP contribution in [0.25, 0.3) is 0 Å². The largest absolute Gasteiger partial charge is 1.00 e. The van der Waals surface area contributed by atoms with Gasteiger partial charge in [-0.2, -0.15) is 0 Å². The van der Waals surface area contributed by atoms with Crippen molar-refractivity contribution in [1.29, 1.82) is 0 Å². The second-order valence-electron chi connectivity index (χ2n) is 5.66. The molecule has 0 bridgehead atoms. The molecule has 0 aliphatic carbocycles. The summed E-state index contributed by atoms with van der Waals surface area (Å²) in [5.41, 5.74) is 0. The maximum atomic E-state index is 4.94. The van der Waals surface area contributed by atoms with Gasteiger partial charge in [-0.1, -0.05) is 98.4 Å². The van der Waals surface area contributed by atoms with Gasteiger partial charge >= 0.3 is 226 Å². The first-order chi connectivity index (χ1) is 11.9. The Morgan fingerprint density at radius 1 is 0.390 bits per heavy atom. The fourth-order valence-corrected chi connectivity index (χ4v) is 4.99. The maximum Gasteiger partial charge on any atom is 1.00 e. The molecular formula is C23H39B4Li12OP. The third kappa shape index (κ3) is 39.8. The Morgan fingerprint density at radius 3 is 0.732 bits per heavy atom. The van der Waals surface area contributed by atoms with E-state index in [9.17, 15) is 0 Å². The molecule has 18 heteroatoms. The molecular weight excluding hydrogens is 450 g/mol. The van der Waals surface area contributed by atoms with Crippen molar-refractivity contribution in [2.45, 2.75) is 20.3 Å². The minimum absolute atomic E-state index is 0. The summed E-state index contributed by atoms with van der Waals surface area (Å²) in [6.07, 6.45) is 2.56. The van der Waals surface area contributed by atoms with Crippen LogP contribution in [0.3, 0.4) is 0 Å². The monoisotopic (exact) mass is 491 g/mol. The molecule has 1 fully saturated rings. The van der Waals surface area contributed by atoms with Crippen LogP contribution in [-0.4, -0.2) is 46.9 Å². The standard InChI is InChI=1S/C18H15P.C4H8O.CH4.4B.12Li.12H/c1-4-10-16(11-5-1)19(17-12-6-2-7-13-17)18-14-8-3-9-15-18;1-2-4-5-3-1;;;;;;;;;;;;;;;;;;;;;;;;;;;;;/h1-15H;1-4H2;1H4;;;;;;;;;;;;;;;;;;;;;;;;;;;;/q;;;;;;;12*+1;12*-1. The molecule has 3 aromatic carbocycles. The molecule has 4 rings (SSSR count). The average Bonchev–Trinajstić information content (AvgIpc) is 3.25. The first-order valence-corrected chi connectivity index (χ1v) is 9.82. The summed E-state index contributed by atoms with van der Waals surface area (Å²) in [6, 6.07) is 32.3. The van der Waals surface area contributed by atoms with E-state index < -0.39 is 7.92 Å². The van der Waals surface area contributed by atoms with Gasteiger partial charge in [-0.15, -0.1) is 0 Å². The van der Waals surface area contributed by atoms with Crippen LogP contribution in [0.1, 0.15) is 37.4 Å². The maximum absolute atomic E-state index is 4.94. The van der Waals surface area contributed by atoms with Crippen LogP contribution < -0.4 is 242 Å². The molecule has 0 aromatic heterocycles. The molecule has 1 saturated heterocycles. The first kappa shape index (κ1) is 97.0. The Labute approximate surface area is 424 Å². The van der Waals surface area contributed by atoms with Gasteiger partial charge in [0.25, 0.3) is 0 Å². The predicted molar refractivity (Wildman–Crippen MR) is 148 cm³/mol. The zero-order valence-corrected chi connectivity index (χ0v) is 29.0. The topological polar surface area (TPSA) is 9.23 Å². The van der Waals surface area contributed by atoms with Gasteiger partial charge in [0.05, 0.1) is 0 Å². The third-order valence-electron chi connectivity index (χ3n) is 3.87. The van der Waals surface area contributed by atoms with Gasteiger partial charge < -0.3 is 21.9 Å². The molecule has 166 valence electrons. The van der Waals surface area contributed by atoms with E-state index in [-0.39, 0.29) is 285 Å². The number of hydrogen-bond acceptors (Lipinski definition) is 1. The van der Waals surface area contributed by atoms with Crippen LogP contribution in [-0.2, 0) is 4.74 Å². The Hall–Kier alpha value is 5.48. The molecule has 0 amide bonds. The number of ether oxygens (including phenoxy) is 1. The Morgan fingerprint density at radius 2 is 0.585 bits per heavy atom. The van der Waals surface area contributed by atoms with Gasteiger partial charge in [0.2, 0.25) is 0 Å². The summed E-state index contributed by atoms with van der Waals surface area (Å²) >= 11 is 0. The Bertz CT molecular complexity index is 686. The molecule has 0 saturated carbocycles. The van der Waals surface area contributed by atoms with Crippen LogP contribution in [0.15, 0.2) is 91.0 Å². The number of hydrogen-bond donors (Lipinski definition) is 0. The van der Waals surface area contributed by atoms with Crippen LogP contribution >= 0.6 is 7.92 Å². The molecule has 3 aromatic rings. The molecule has 0 spiro atoms. The van der Waals surface area contributed by atoms with Gasteiger partial charge in [0.1, 0.15) is 0 Å². The van der Waals surface area contributed by atoms with Crippen molar-refractivity contribution in [3.8, 4) is 0 Å². The minimum atomic E-state index is -0.446. The van der Waals surface area contributed by atoms with E-state index in [4.69, 9.17) is 4.74 Å². The Balaban J connectivity index is -0.00000000751. The van der Waals surface area contributed by atoms with Crippen LogP contribution in [0.5, 0.6) is 0 Å². The summed E-state index contributed by atoms with van der Waals surface area (Å²) in [7, 11) is -0.446. The average molecular weight is 489 g/mol. The van der Waals surface area contributed by atoms with Gasteiger partial charge in [-0.3, -0.25) is 0 Å². The normalized spacial score (nSPS) is 7.83. The minimum Gasteiger partial charge on any atom is -1.00 e. The van der Waals surface area contributed by atoms with Crippen molar-refractivity contribution in [1.82, 2.24) is 0 Å². The molecule has 1 aliphatic heterocycles. The smallest absolute Gasteiger partial charge is 1.00 e. The second-order valence-corrected chi connectivity index (χ2v) is 7.88. The van der Waals surface area contributed by atoms with Crippen molar-refractivity contribution >= 4 is 57.5 Å². The van der Waals surface area contributed by atoms with Crippen LogP contribution in [0, 0.1) is 0 Å². The van der Waals surface area contributed by atoms with E-state index in [2.05, 4.69) is 91.0 Å². The van der Waals surface area contributed by atoms with Crippen LogP contribution in [0.4, 0.5) is 0 Å².